The Morgan fingerprint density at radius 2 is 2.23 bits per heavy atom. The van der Waals surface area contributed by atoms with E-state index in [1.807, 2.05) is 6.92 Å². The summed E-state index contributed by atoms with van der Waals surface area (Å²) in [5.74, 6) is 0. The van der Waals surface area contributed by atoms with Gasteiger partial charge < -0.3 is 5.73 Å². The average Bonchev–Trinajstić information content (AvgIpc) is 2.09. The van der Waals surface area contributed by atoms with E-state index >= 15 is 0 Å². The first-order valence-electron chi connectivity index (χ1n) is 4.27. The maximum Gasteiger partial charge on any atom is 0.0250 e. The number of halogens is 1. The minimum atomic E-state index is 0.611. The summed E-state index contributed by atoms with van der Waals surface area (Å²) in [7, 11) is 0. The van der Waals surface area contributed by atoms with E-state index in [2.05, 4.69) is 47.1 Å². The SMILES string of the molecule is C/C(=C/c1ccc(C)cc1Br)CN. The fourth-order valence-corrected chi connectivity index (χ4v) is 1.68. The number of nitrogens with two attached hydrogens (primary N) is 1. The lowest BCUT2D eigenvalue weighted by Gasteiger charge is -2.01. The molecule has 0 heterocycles. The summed E-state index contributed by atoms with van der Waals surface area (Å²) in [4.78, 5) is 0. The van der Waals surface area contributed by atoms with E-state index in [0.717, 1.165) is 4.47 Å². The minimum absolute atomic E-state index is 0.611. The zero-order valence-electron chi connectivity index (χ0n) is 7.97. The van der Waals surface area contributed by atoms with Gasteiger partial charge in [-0.2, -0.15) is 0 Å². The highest BCUT2D eigenvalue weighted by Crippen LogP contribution is 2.20. The molecule has 2 heteroatoms. The molecule has 0 fully saturated rings. The maximum atomic E-state index is 5.52. The molecule has 0 aliphatic carbocycles. The third kappa shape index (κ3) is 2.98. The molecule has 0 unspecified atom stereocenters. The normalized spacial score (nSPS) is 11.8. The Morgan fingerprint density at radius 3 is 2.77 bits per heavy atom. The molecule has 0 aromatic heterocycles. The molecule has 1 aromatic carbocycles. The summed E-state index contributed by atoms with van der Waals surface area (Å²) in [6, 6.07) is 6.30. The van der Waals surface area contributed by atoms with Gasteiger partial charge in [0.05, 0.1) is 0 Å². The van der Waals surface area contributed by atoms with Crippen molar-refractivity contribution in [2.75, 3.05) is 6.54 Å². The molecule has 0 spiro atoms. The van der Waals surface area contributed by atoms with Crippen molar-refractivity contribution >= 4 is 22.0 Å². The van der Waals surface area contributed by atoms with Crippen molar-refractivity contribution in [1.82, 2.24) is 0 Å². The van der Waals surface area contributed by atoms with E-state index < -0.39 is 0 Å². The highest BCUT2D eigenvalue weighted by Gasteiger charge is 1.96. The van der Waals surface area contributed by atoms with Crippen molar-refractivity contribution in [3.8, 4) is 0 Å². The topological polar surface area (TPSA) is 26.0 Å². The average molecular weight is 240 g/mol. The number of hydrogen-bond acceptors (Lipinski definition) is 1. The van der Waals surface area contributed by atoms with Gasteiger partial charge in [-0.25, -0.2) is 0 Å². The van der Waals surface area contributed by atoms with Gasteiger partial charge >= 0.3 is 0 Å². The molecule has 1 rings (SSSR count). The van der Waals surface area contributed by atoms with Crippen LogP contribution >= 0.6 is 15.9 Å². The van der Waals surface area contributed by atoms with Crippen LogP contribution in [-0.4, -0.2) is 6.54 Å². The van der Waals surface area contributed by atoms with Gasteiger partial charge in [0.25, 0.3) is 0 Å². The van der Waals surface area contributed by atoms with Gasteiger partial charge in [0.1, 0.15) is 0 Å². The summed E-state index contributed by atoms with van der Waals surface area (Å²) in [6.45, 7) is 4.72. The molecule has 0 saturated heterocycles. The van der Waals surface area contributed by atoms with E-state index in [9.17, 15) is 0 Å². The molecule has 0 bridgehead atoms. The van der Waals surface area contributed by atoms with Crippen molar-refractivity contribution in [1.29, 1.82) is 0 Å². The molecule has 1 aromatic rings. The standard InChI is InChI=1S/C11H14BrN/c1-8-3-4-10(11(12)6-8)5-9(2)7-13/h3-6H,7,13H2,1-2H3/b9-5-. The van der Waals surface area contributed by atoms with Crippen molar-refractivity contribution in [2.24, 2.45) is 5.73 Å². The molecular weight excluding hydrogens is 226 g/mol. The van der Waals surface area contributed by atoms with Crippen molar-refractivity contribution in [3.63, 3.8) is 0 Å². The third-order valence-electron chi connectivity index (χ3n) is 1.88. The van der Waals surface area contributed by atoms with Gasteiger partial charge in [0.15, 0.2) is 0 Å². The molecule has 0 amide bonds. The summed E-state index contributed by atoms with van der Waals surface area (Å²) in [5.41, 5.74) is 9.15. The molecule has 70 valence electrons. The summed E-state index contributed by atoms with van der Waals surface area (Å²) >= 11 is 3.52. The smallest absolute Gasteiger partial charge is 0.0250 e. The Morgan fingerprint density at radius 1 is 1.54 bits per heavy atom. The first kappa shape index (κ1) is 10.5. The molecule has 0 saturated carbocycles. The van der Waals surface area contributed by atoms with Crippen LogP contribution in [0.2, 0.25) is 0 Å². The maximum absolute atomic E-state index is 5.52. The zero-order valence-corrected chi connectivity index (χ0v) is 9.56. The summed E-state index contributed by atoms with van der Waals surface area (Å²) in [6.07, 6.45) is 2.10. The summed E-state index contributed by atoms with van der Waals surface area (Å²) in [5, 5.41) is 0. The number of rotatable bonds is 2. The van der Waals surface area contributed by atoms with Gasteiger partial charge in [-0.05, 0) is 31.0 Å². The van der Waals surface area contributed by atoms with Gasteiger partial charge in [0, 0.05) is 11.0 Å². The first-order valence-corrected chi connectivity index (χ1v) is 5.06. The quantitative estimate of drug-likeness (QED) is 0.844. The second-order valence-corrected chi connectivity index (χ2v) is 4.07. The summed E-state index contributed by atoms with van der Waals surface area (Å²) < 4.78 is 1.13. The molecule has 0 aliphatic heterocycles. The van der Waals surface area contributed by atoms with E-state index in [4.69, 9.17) is 5.73 Å². The Labute approximate surface area is 87.8 Å². The van der Waals surface area contributed by atoms with E-state index in [1.165, 1.54) is 16.7 Å². The molecule has 0 radical (unpaired) electrons. The van der Waals surface area contributed by atoms with Crippen molar-refractivity contribution in [3.05, 3.63) is 39.4 Å². The largest absolute Gasteiger partial charge is 0.327 e. The van der Waals surface area contributed by atoms with Crippen LogP contribution in [0.5, 0.6) is 0 Å². The third-order valence-corrected chi connectivity index (χ3v) is 2.57. The van der Waals surface area contributed by atoms with Gasteiger partial charge in [-0.3, -0.25) is 0 Å². The van der Waals surface area contributed by atoms with Gasteiger partial charge in [-0.15, -0.1) is 0 Å². The Balaban J connectivity index is 3.03. The fourth-order valence-electron chi connectivity index (χ4n) is 1.07. The van der Waals surface area contributed by atoms with Crippen LogP contribution in [0, 0.1) is 6.92 Å². The molecule has 2 N–H and O–H groups in total. The number of benzene rings is 1. The van der Waals surface area contributed by atoms with Crippen LogP contribution in [0.4, 0.5) is 0 Å². The Hall–Kier alpha value is -0.600. The van der Waals surface area contributed by atoms with E-state index in [-0.39, 0.29) is 0 Å². The van der Waals surface area contributed by atoms with E-state index in [0.29, 0.717) is 6.54 Å². The van der Waals surface area contributed by atoms with Gasteiger partial charge in [-0.1, -0.05) is 39.7 Å². The zero-order chi connectivity index (χ0) is 9.84. The second-order valence-electron chi connectivity index (χ2n) is 3.22. The molecular formula is C11H14BrN. The van der Waals surface area contributed by atoms with Crippen LogP contribution in [0.15, 0.2) is 28.2 Å². The van der Waals surface area contributed by atoms with Crippen LogP contribution in [0.25, 0.3) is 6.08 Å². The number of aryl methyl sites for hydroxylation is 1. The Bertz CT molecular complexity index is 329. The molecule has 0 atom stereocenters. The van der Waals surface area contributed by atoms with Crippen LogP contribution in [0.1, 0.15) is 18.1 Å². The Kier molecular flexibility index (Phi) is 3.70. The van der Waals surface area contributed by atoms with E-state index in [1.54, 1.807) is 0 Å². The molecule has 1 nitrogen and oxygen atoms in total. The predicted octanol–water partition coefficient (Wildman–Crippen LogP) is 3.12. The predicted molar refractivity (Wildman–Crippen MR) is 61.6 cm³/mol. The van der Waals surface area contributed by atoms with Crippen molar-refractivity contribution in [2.45, 2.75) is 13.8 Å². The monoisotopic (exact) mass is 239 g/mol. The highest BCUT2D eigenvalue weighted by atomic mass is 79.9. The lowest BCUT2D eigenvalue weighted by molar-refractivity contribution is 1.15. The fraction of sp³-hybridized carbons (Fsp3) is 0.273. The van der Waals surface area contributed by atoms with Gasteiger partial charge in [0.2, 0.25) is 0 Å². The van der Waals surface area contributed by atoms with Crippen LogP contribution in [-0.2, 0) is 0 Å². The van der Waals surface area contributed by atoms with Crippen molar-refractivity contribution < 1.29 is 0 Å². The lowest BCUT2D eigenvalue weighted by atomic mass is 10.1. The number of hydrogen-bond donors (Lipinski definition) is 1. The first-order chi connectivity index (χ1) is 6.13. The highest BCUT2D eigenvalue weighted by molar-refractivity contribution is 9.10. The lowest BCUT2D eigenvalue weighted by Crippen LogP contribution is -1.99. The van der Waals surface area contributed by atoms with Crippen LogP contribution < -0.4 is 5.73 Å². The van der Waals surface area contributed by atoms with Crippen LogP contribution in [0.3, 0.4) is 0 Å². The molecule has 0 aliphatic rings. The minimum Gasteiger partial charge on any atom is -0.327 e. The second kappa shape index (κ2) is 4.58. The molecule has 13 heavy (non-hydrogen) atoms.